The highest BCUT2D eigenvalue weighted by Gasteiger charge is 2.23. The lowest BCUT2D eigenvalue weighted by atomic mass is 10.2. The van der Waals surface area contributed by atoms with Crippen LogP contribution in [-0.4, -0.2) is 47.2 Å². The summed E-state index contributed by atoms with van der Waals surface area (Å²) in [6.07, 6.45) is 1.14. The largest absolute Gasteiger partial charge is 0.346 e. The Balaban J connectivity index is 2.22. The van der Waals surface area contributed by atoms with E-state index in [1.54, 1.807) is 24.3 Å². The zero-order valence-electron chi connectivity index (χ0n) is 12.5. The van der Waals surface area contributed by atoms with Crippen LogP contribution in [0.25, 0.3) is 0 Å². The Labute approximate surface area is 129 Å². The fourth-order valence-corrected chi connectivity index (χ4v) is 3.16. The second-order valence-corrected chi connectivity index (χ2v) is 6.55. The minimum absolute atomic E-state index is 0.197. The van der Waals surface area contributed by atoms with E-state index in [2.05, 4.69) is 10.1 Å². The second kappa shape index (κ2) is 6.69. The van der Waals surface area contributed by atoms with Gasteiger partial charge in [-0.25, -0.2) is 18.2 Å². The molecule has 0 aliphatic rings. The molecule has 2 rings (SSSR count). The highest BCUT2D eigenvalue weighted by Crippen LogP contribution is 2.12. The predicted molar refractivity (Wildman–Crippen MR) is 81.1 cm³/mol. The highest BCUT2D eigenvalue weighted by atomic mass is 32.2. The number of sulfone groups is 1. The molecule has 0 unspecified atom stereocenters. The third-order valence-electron chi connectivity index (χ3n) is 3.18. The van der Waals surface area contributed by atoms with Crippen molar-refractivity contribution in [3.8, 4) is 0 Å². The van der Waals surface area contributed by atoms with Gasteiger partial charge in [-0.2, -0.15) is 4.68 Å². The summed E-state index contributed by atoms with van der Waals surface area (Å²) in [7, 11) is -3.68. The molecular weight excluding hydrogens is 304 g/mol. The number of carbonyl (C=O) groups excluding carboxylic acids is 1. The van der Waals surface area contributed by atoms with Gasteiger partial charge >= 0.3 is 6.03 Å². The number of hydrogen-bond donors (Lipinski definition) is 0. The molecule has 0 aliphatic carbocycles. The van der Waals surface area contributed by atoms with Gasteiger partial charge < -0.3 is 4.90 Å². The van der Waals surface area contributed by atoms with Gasteiger partial charge in [-0.1, -0.05) is 30.3 Å². The van der Waals surface area contributed by atoms with Crippen molar-refractivity contribution < 1.29 is 13.2 Å². The van der Waals surface area contributed by atoms with Crippen LogP contribution in [0.4, 0.5) is 4.79 Å². The molecule has 118 valence electrons. The molecule has 0 N–H and O–H groups in total. The zero-order chi connectivity index (χ0) is 16.2. The van der Waals surface area contributed by atoms with Crippen molar-refractivity contribution in [2.45, 2.75) is 24.8 Å². The molecule has 1 amide bonds. The summed E-state index contributed by atoms with van der Waals surface area (Å²) in [5, 5.41) is 3.48. The minimum atomic E-state index is -3.68. The maximum Gasteiger partial charge on any atom is 0.346 e. The average Bonchev–Trinajstić information content (AvgIpc) is 2.99. The second-order valence-electron chi connectivity index (χ2n) is 4.67. The Kier molecular flexibility index (Phi) is 4.92. The van der Waals surface area contributed by atoms with Crippen molar-refractivity contribution >= 4 is 15.9 Å². The molecule has 0 spiro atoms. The van der Waals surface area contributed by atoms with E-state index in [-0.39, 0.29) is 10.9 Å². The summed E-state index contributed by atoms with van der Waals surface area (Å²) in [5.41, 5.74) is 0.647. The summed E-state index contributed by atoms with van der Waals surface area (Å²) in [6, 6.07) is 8.39. The van der Waals surface area contributed by atoms with Gasteiger partial charge in [-0.15, -0.1) is 5.10 Å². The molecule has 1 aromatic heterocycles. The molecule has 2 aromatic rings. The van der Waals surface area contributed by atoms with Crippen molar-refractivity contribution in [1.82, 2.24) is 19.7 Å². The Morgan fingerprint density at radius 1 is 1.18 bits per heavy atom. The number of amides is 1. The molecular formula is C14H18N4O3S. The summed E-state index contributed by atoms with van der Waals surface area (Å²) in [6.45, 7) is 4.71. The molecule has 0 atom stereocenters. The molecule has 0 saturated heterocycles. The molecule has 0 fully saturated rings. The standard InChI is InChI=1S/C14H18N4O3S/c1-3-17(4-2)14(19)18-11-15-13(16-18)22(20,21)10-12-8-6-5-7-9-12/h5-9,11H,3-4,10H2,1-2H3. The maximum absolute atomic E-state index is 12.3. The first-order valence-corrected chi connectivity index (χ1v) is 8.60. The first kappa shape index (κ1) is 16.2. The monoisotopic (exact) mass is 322 g/mol. The van der Waals surface area contributed by atoms with Gasteiger partial charge in [0.05, 0.1) is 5.75 Å². The normalized spacial score (nSPS) is 11.4. The summed E-state index contributed by atoms with van der Waals surface area (Å²) in [4.78, 5) is 17.4. The van der Waals surface area contributed by atoms with Gasteiger partial charge in [0, 0.05) is 13.1 Å². The first-order chi connectivity index (χ1) is 10.5. The SMILES string of the molecule is CCN(CC)C(=O)n1cnc(S(=O)(=O)Cc2ccccc2)n1. The minimum Gasteiger partial charge on any atom is -0.323 e. The number of rotatable bonds is 5. The van der Waals surface area contributed by atoms with Gasteiger partial charge in [0.25, 0.3) is 5.16 Å². The zero-order valence-corrected chi connectivity index (χ0v) is 13.3. The Hall–Kier alpha value is -2.22. The van der Waals surface area contributed by atoms with Crippen molar-refractivity contribution in [3.05, 3.63) is 42.2 Å². The van der Waals surface area contributed by atoms with Crippen LogP contribution in [-0.2, 0) is 15.6 Å². The lowest BCUT2D eigenvalue weighted by molar-refractivity contribution is 0.201. The predicted octanol–water partition coefficient (Wildman–Crippen LogP) is 1.56. The molecule has 7 nitrogen and oxygen atoms in total. The third kappa shape index (κ3) is 3.51. The van der Waals surface area contributed by atoms with E-state index in [0.29, 0.717) is 18.7 Å². The quantitative estimate of drug-likeness (QED) is 0.834. The maximum atomic E-state index is 12.3. The first-order valence-electron chi connectivity index (χ1n) is 6.95. The van der Waals surface area contributed by atoms with Crippen LogP contribution < -0.4 is 0 Å². The van der Waals surface area contributed by atoms with Crippen molar-refractivity contribution in [1.29, 1.82) is 0 Å². The summed E-state index contributed by atoms with van der Waals surface area (Å²) in [5.74, 6) is -0.197. The van der Waals surface area contributed by atoms with Gasteiger partial charge in [0.1, 0.15) is 6.33 Å². The van der Waals surface area contributed by atoms with E-state index in [1.165, 1.54) is 4.90 Å². The van der Waals surface area contributed by atoms with E-state index in [4.69, 9.17) is 0 Å². The van der Waals surface area contributed by atoms with Gasteiger partial charge in [0.15, 0.2) is 0 Å². The Morgan fingerprint density at radius 3 is 2.41 bits per heavy atom. The number of benzene rings is 1. The highest BCUT2D eigenvalue weighted by molar-refractivity contribution is 7.90. The Bertz CT molecular complexity index is 736. The van der Waals surface area contributed by atoms with Gasteiger partial charge in [-0.05, 0) is 19.4 Å². The number of hydrogen-bond acceptors (Lipinski definition) is 5. The van der Waals surface area contributed by atoms with Gasteiger partial charge in [-0.3, -0.25) is 0 Å². The van der Waals surface area contributed by atoms with E-state index in [1.807, 2.05) is 19.9 Å². The van der Waals surface area contributed by atoms with Crippen molar-refractivity contribution in [2.75, 3.05) is 13.1 Å². The van der Waals surface area contributed by atoms with Crippen LogP contribution in [0.3, 0.4) is 0 Å². The van der Waals surface area contributed by atoms with E-state index in [0.717, 1.165) is 11.0 Å². The lowest BCUT2D eigenvalue weighted by Crippen LogP contribution is -2.34. The fourth-order valence-electron chi connectivity index (χ4n) is 1.98. The summed E-state index contributed by atoms with van der Waals surface area (Å²) < 4.78 is 25.5. The third-order valence-corrected chi connectivity index (χ3v) is 4.64. The van der Waals surface area contributed by atoms with Crippen LogP contribution in [0.15, 0.2) is 41.8 Å². The van der Waals surface area contributed by atoms with Crippen LogP contribution in [0.5, 0.6) is 0 Å². The number of aromatic nitrogens is 3. The van der Waals surface area contributed by atoms with Crippen molar-refractivity contribution in [2.24, 2.45) is 0 Å². The average molecular weight is 322 g/mol. The topological polar surface area (TPSA) is 85.2 Å². The molecule has 8 heteroatoms. The molecule has 0 aliphatic heterocycles. The molecule has 0 saturated carbocycles. The summed E-state index contributed by atoms with van der Waals surface area (Å²) >= 11 is 0. The fraction of sp³-hybridized carbons (Fsp3) is 0.357. The van der Waals surface area contributed by atoms with Crippen molar-refractivity contribution in [3.63, 3.8) is 0 Å². The van der Waals surface area contributed by atoms with Crippen LogP contribution in [0, 0.1) is 0 Å². The Morgan fingerprint density at radius 2 is 1.82 bits per heavy atom. The molecule has 0 radical (unpaired) electrons. The lowest BCUT2D eigenvalue weighted by Gasteiger charge is -2.17. The molecule has 0 bridgehead atoms. The number of nitrogens with zero attached hydrogens (tertiary/aromatic N) is 4. The van der Waals surface area contributed by atoms with E-state index < -0.39 is 15.9 Å². The van der Waals surface area contributed by atoms with Crippen LogP contribution in [0.2, 0.25) is 0 Å². The van der Waals surface area contributed by atoms with Crippen LogP contribution in [0.1, 0.15) is 19.4 Å². The molecule has 1 heterocycles. The molecule has 22 heavy (non-hydrogen) atoms. The van der Waals surface area contributed by atoms with E-state index >= 15 is 0 Å². The van der Waals surface area contributed by atoms with E-state index in [9.17, 15) is 13.2 Å². The molecule has 1 aromatic carbocycles. The number of carbonyl (C=O) groups is 1. The van der Waals surface area contributed by atoms with Crippen LogP contribution >= 0.6 is 0 Å². The smallest absolute Gasteiger partial charge is 0.323 e. The van der Waals surface area contributed by atoms with Gasteiger partial charge in [0.2, 0.25) is 9.84 Å².